The molecule has 3 rings (SSSR count). The molecule has 2 nitrogen and oxygen atoms in total. The van der Waals surface area contributed by atoms with Crippen molar-refractivity contribution in [2.45, 2.75) is 31.3 Å². The van der Waals surface area contributed by atoms with E-state index in [2.05, 4.69) is 12.1 Å². The molecule has 19 heavy (non-hydrogen) atoms. The van der Waals surface area contributed by atoms with Gasteiger partial charge in [-0.2, -0.15) is 5.26 Å². The lowest BCUT2D eigenvalue weighted by Gasteiger charge is -2.28. The standard InChI is InChI=1S/C16H15NOS/c1-11-7-9-19-14(11)15(18)16(10-17)8-6-12-4-2-3-5-13(12)16/h2-5,7,9,15,18H,6,8H2,1H3. The van der Waals surface area contributed by atoms with Gasteiger partial charge in [-0.1, -0.05) is 24.3 Å². The van der Waals surface area contributed by atoms with Gasteiger partial charge in [0.1, 0.15) is 11.5 Å². The summed E-state index contributed by atoms with van der Waals surface area (Å²) in [5.41, 5.74) is 2.47. The Morgan fingerprint density at radius 3 is 2.84 bits per heavy atom. The van der Waals surface area contributed by atoms with Gasteiger partial charge in [0.05, 0.1) is 6.07 Å². The Bertz CT molecular complexity index is 655. The van der Waals surface area contributed by atoms with E-state index in [4.69, 9.17) is 0 Å². The summed E-state index contributed by atoms with van der Waals surface area (Å²) in [6.45, 7) is 1.99. The van der Waals surface area contributed by atoms with Crippen LogP contribution in [0.2, 0.25) is 0 Å². The van der Waals surface area contributed by atoms with Crippen molar-refractivity contribution in [1.29, 1.82) is 5.26 Å². The van der Waals surface area contributed by atoms with Gasteiger partial charge in [-0.05, 0) is 47.9 Å². The van der Waals surface area contributed by atoms with Crippen LogP contribution in [0.3, 0.4) is 0 Å². The van der Waals surface area contributed by atoms with Crippen LogP contribution in [0.4, 0.5) is 0 Å². The summed E-state index contributed by atoms with van der Waals surface area (Å²) in [6.07, 6.45) is 0.827. The molecule has 1 N–H and O–H groups in total. The highest BCUT2D eigenvalue weighted by atomic mass is 32.1. The maximum atomic E-state index is 10.8. The highest BCUT2D eigenvalue weighted by molar-refractivity contribution is 7.10. The molecule has 0 saturated carbocycles. The maximum Gasteiger partial charge on any atom is 0.114 e. The average molecular weight is 269 g/mol. The zero-order chi connectivity index (χ0) is 13.5. The van der Waals surface area contributed by atoms with Crippen molar-refractivity contribution in [1.82, 2.24) is 0 Å². The van der Waals surface area contributed by atoms with E-state index >= 15 is 0 Å². The lowest BCUT2D eigenvalue weighted by molar-refractivity contribution is 0.114. The van der Waals surface area contributed by atoms with Crippen molar-refractivity contribution in [2.75, 3.05) is 0 Å². The second-order valence-corrected chi connectivity index (χ2v) is 6.06. The topological polar surface area (TPSA) is 44.0 Å². The van der Waals surface area contributed by atoms with Gasteiger partial charge >= 0.3 is 0 Å². The second-order valence-electron chi connectivity index (χ2n) is 5.11. The molecule has 1 aliphatic rings. The van der Waals surface area contributed by atoms with E-state index in [0.717, 1.165) is 22.4 Å². The van der Waals surface area contributed by atoms with Crippen molar-refractivity contribution in [2.24, 2.45) is 0 Å². The zero-order valence-corrected chi connectivity index (χ0v) is 11.6. The van der Waals surface area contributed by atoms with Crippen LogP contribution in [0.25, 0.3) is 0 Å². The molecule has 2 unspecified atom stereocenters. The Kier molecular flexibility index (Phi) is 2.93. The Morgan fingerprint density at radius 1 is 1.37 bits per heavy atom. The Labute approximate surface area is 116 Å². The molecule has 1 heterocycles. The summed E-state index contributed by atoms with van der Waals surface area (Å²) in [5.74, 6) is 0. The van der Waals surface area contributed by atoms with Crippen LogP contribution in [0.1, 0.15) is 34.1 Å². The number of aryl methyl sites for hydroxylation is 2. The fraction of sp³-hybridized carbons (Fsp3) is 0.312. The van der Waals surface area contributed by atoms with Gasteiger partial charge in [-0.15, -0.1) is 11.3 Å². The quantitative estimate of drug-likeness (QED) is 0.906. The first kappa shape index (κ1) is 12.4. The van der Waals surface area contributed by atoms with E-state index in [0.29, 0.717) is 6.42 Å². The predicted octanol–water partition coefficient (Wildman–Crippen LogP) is 3.50. The first-order chi connectivity index (χ1) is 9.19. The molecule has 96 valence electrons. The highest BCUT2D eigenvalue weighted by Crippen LogP contribution is 2.48. The molecule has 0 amide bonds. The summed E-state index contributed by atoms with van der Waals surface area (Å²) < 4.78 is 0. The fourth-order valence-electron chi connectivity index (χ4n) is 2.99. The number of aliphatic hydroxyl groups is 1. The molecule has 1 aromatic heterocycles. The Balaban J connectivity index is 2.12. The van der Waals surface area contributed by atoms with Crippen molar-refractivity contribution < 1.29 is 5.11 Å². The van der Waals surface area contributed by atoms with Gasteiger partial charge in [0, 0.05) is 4.88 Å². The van der Waals surface area contributed by atoms with Crippen molar-refractivity contribution in [3.05, 3.63) is 57.3 Å². The number of thiophene rings is 1. The van der Waals surface area contributed by atoms with E-state index in [1.54, 1.807) is 0 Å². The first-order valence-electron chi connectivity index (χ1n) is 6.41. The van der Waals surface area contributed by atoms with Gasteiger partial charge in [0.25, 0.3) is 0 Å². The van der Waals surface area contributed by atoms with Crippen LogP contribution in [0.5, 0.6) is 0 Å². The average Bonchev–Trinajstić information content (AvgIpc) is 3.02. The summed E-state index contributed by atoms with van der Waals surface area (Å²) in [7, 11) is 0. The number of hydrogen-bond donors (Lipinski definition) is 1. The SMILES string of the molecule is Cc1ccsc1C(O)C1(C#N)CCc2ccccc21. The fourth-order valence-corrected chi connectivity index (χ4v) is 3.99. The molecule has 1 aromatic carbocycles. The molecule has 0 spiro atoms. The first-order valence-corrected chi connectivity index (χ1v) is 7.29. The summed E-state index contributed by atoms with van der Waals surface area (Å²) >= 11 is 1.53. The van der Waals surface area contributed by atoms with Gasteiger partial charge in [-0.25, -0.2) is 0 Å². The van der Waals surface area contributed by atoms with Crippen LogP contribution in [-0.2, 0) is 11.8 Å². The summed E-state index contributed by atoms with van der Waals surface area (Å²) in [4.78, 5) is 0.915. The third-order valence-corrected chi connectivity index (χ3v) is 5.17. The lowest BCUT2D eigenvalue weighted by Crippen LogP contribution is -2.29. The van der Waals surface area contributed by atoms with E-state index in [9.17, 15) is 10.4 Å². The molecular weight excluding hydrogens is 254 g/mol. The van der Waals surface area contributed by atoms with Crippen LogP contribution in [0, 0.1) is 18.3 Å². The molecule has 3 heteroatoms. The lowest BCUT2D eigenvalue weighted by atomic mass is 9.77. The summed E-state index contributed by atoms with van der Waals surface area (Å²) in [6, 6.07) is 12.4. The number of aliphatic hydroxyl groups excluding tert-OH is 1. The molecule has 0 fully saturated rings. The summed E-state index contributed by atoms with van der Waals surface area (Å²) in [5, 5.41) is 22.5. The van der Waals surface area contributed by atoms with Crippen molar-refractivity contribution >= 4 is 11.3 Å². The van der Waals surface area contributed by atoms with Crippen molar-refractivity contribution in [3.63, 3.8) is 0 Å². The molecule has 0 aliphatic heterocycles. The monoisotopic (exact) mass is 269 g/mol. The number of rotatable bonds is 2. The third kappa shape index (κ3) is 1.72. The third-order valence-electron chi connectivity index (χ3n) is 4.10. The molecule has 2 atom stereocenters. The normalized spacial score (nSPS) is 22.8. The van der Waals surface area contributed by atoms with Crippen molar-refractivity contribution in [3.8, 4) is 6.07 Å². The number of nitriles is 1. The molecule has 1 aliphatic carbocycles. The van der Waals surface area contributed by atoms with Gasteiger partial charge in [0.15, 0.2) is 0 Å². The van der Waals surface area contributed by atoms with Crippen LogP contribution < -0.4 is 0 Å². The molecule has 0 bridgehead atoms. The minimum absolute atomic E-state index is 0.696. The van der Waals surface area contributed by atoms with Crippen LogP contribution in [0.15, 0.2) is 35.7 Å². The smallest absolute Gasteiger partial charge is 0.114 e. The van der Waals surface area contributed by atoms with Crippen LogP contribution >= 0.6 is 11.3 Å². The van der Waals surface area contributed by atoms with Gasteiger partial charge in [-0.3, -0.25) is 0 Å². The molecule has 0 saturated heterocycles. The second kappa shape index (κ2) is 4.48. The Morgan fingerprint density at radius 2 is 2.16 bits per heavy atom. The van der Waals surface area contributed by atoms with E-state index in [-0.39, 0.29) is 0 Å². The van der Waals surface area contributed by atoms with Crippen LogP contribution in [-0.4, -0.2) is 5.11 Å². The molecule has 2 aromatic rings. The molecule has 0 radical (unpaired) electrons. The minimum Gasteiger partial charge on any atom is -0.386 e. The Hall–Kier alpha value is -1.63. The van der Waals surface area contributed by atoms with E-state index in [1.165, 1.54) is 16.9 Å². The molecular formula is C16H15NOS. The predicted molar refractivity (Wildman–Crippen MR) is 76.1 cm³/mol. The van der Waals surface area contributed by atoms with Gasteiger partial charge in [0.2, 0.25) is 0 Å². The number of fused-ring (bicyclic) bond motifs is 1. The number of nitrogens with zero attached hydrogens (tertiary/aromatic N) is 1. The van der Waals surface area contributed by atoms with Gasteiger partial charge < -0.3 is 5.11 Å². The number of hydrogen-bond acceptors (Lipinski definition) is 3. The minimum atomic E-state index is -0.786. The largest absolute Gasteiger partial charge is 0.386 e. The zero-order valence-electron chi connectivity index (χ0n) is 10.8. The number of benzene rings is 1. The maximum absolute atomic E-state index is 10.8. The van der Waals surface area contributed by atoms with E-state index in [1.807, 2.05) is 36.6 Å². The van der Waals surface area contributed by atoms with E-state index < -0.39 is 11.5 Å². The highest BCUT2D eigenvalue weighted by Gasteiger charge is 2.46.